The Balaban J connectivity index is 1.33. The number of ether oxygens (including phenoxy) is 1. The van der Waals surface area contributed by atoms with Gasteiger partial charge in [0.1, 0.15) is 5.75 Å². The van der Waals surface area contributed by atoms with Crippen molar-refractivity contribution in [1.29, 1.82) is 0 Å². The molecule has 0 aliphatic carbocycles. The summed E-state index contributed by atoms with van der Waals surface area (Å²) in [5.41, 5.74) is 3.99. The second kappa shape index (κ2) is 11.2. The summed E-state index contributed by atoms with van der Waals surface area (Å²) < 4.78 is 12.0. The second-order valence-corrected chi connectivity index (χ2v) is 9.77. The van der Waals surface area contributed by atoms with E-state index in [-0.39, 0.29) is 5.92 Å². The van der Waals surface area contributed by atoms with Crippen LogP contribution in [-0.4, -0.2) is 39.2 Å². The number of likely N-dealkylation sites (tertiary alicyclic amines) is 1. The van der Waals surface area contributed by atoms with Crippen LogP contribution >= 0.6 is 11.6 Å². The summed E-state index contributed by atoms with van der Waals surface area (Å²) in [6, 6.07) is 23.4. The molecule has 3 aromatic carbocycles. The van der Waals surface area contributed by atoms with Gasteiger partial charge in [0.15, 0.2) is 0 Å². The van der Waals surface area contributed by atoms with Crippen molar-refractivity contribution >= 4 is 17.6 Å². The average Bonchev–Trinajstić information content (AvgIpc) is 3.36. The highest BCUT2D eigenvalue weighted by atomic mass is 35.5. The molecule has 0 bridgehead atoms. The lowest BCUT2D eigenvalue weighted by Crippen LogP contribution is -2.49. The van der Waals surface area contributed by atoms with Crippen LogP contribution in [0.3, 0.4) is 0 Å². The maximum atomic E-state index is 11.0. The highest BCUT2D eigenvalue weighted by molar-refractivity contribution is 6.30. The Morgan fingerprint density at radius 3 is 2.51 bits per heavy atom. The molecule has 0 radical (unpaired) electrons. The van der Waals surface area contributed by atoms with Crippen molar-refractivity contribution in [2.24, 2.45) is 5.92 Å². The molecule has 190 valence electrons. The molecule has 0 amide bonds. The van der Waals surface area contributed by atoms with Crippen molar-refractivity contribution in [2.45, 2.75) is 32.4 Å². The van der Waals surface area contributed by atoms with E-state index in [9.17, 15) is 4.79 Å². The Hall–Kier alpha value is -3.68. The first-order valence-corrected chi connectivity index (χ1v) is 12.8. The number of carbonyl (C=O) groups is 1. The molecular weight excluding hydrogens is 490 g/mol. The molecule has 1 saturated heterocycles. The fourth-order valence-electron chi connectivity index (χ4n) is 4.42. The van der Waals surface area contributed by atoms with Crippen LogP contribution in [0.1, 0.15) is 42.0 Å². The van der Waals surface area contributed by atoms with Crippen LogP contribution in [0.25, 0.3) is 11.4 Å². The van der Waals surface area contributed by atoms with Crippen LogP contribution < -0.4 is 4.74 Å². The van der Waals surface area contributed by atoms with Gasteiger partial charge in [0.25, 0.3) is 5.89 Å². The van der Waals surface area contributed by atoms with Gasteiger partial charge in [-0.15, -0.1) is 0 Å². The normalized spacial score (nSPS) is 14.8. The van der Waals surface area contributed by atoms with Gasteiger partial charge in [0.2, 0.25) is 11.9 Å². The third kappa shape index (κ3) is 6.01. The average molecular weight is 518 g/mol. The molecule has 5 rings (SSSR count). The molecule has 1 atom stereocenters. The van der Waals surface area contributed by atoms with E-state index in [2.05, 4.69) is 34.1 Å². The number of hydrogen-bond acceptors (Lipinski definition) is 6. The standard InChI is InChI=1S/C29H28ClN3O4/c1-2-4-19-9-13-25(14-10-19)36-26(22-5-3-6-24(30)15-22)28-31-27(32-37-28)21-11-7-20(8-12-21)16-33-17-23(18-33)29(34)35/h3,5-15,23,26H,2,4,16-18H2,1H3,(H,34,35). The monoisotopic (exact) mass is 517 g/mol. The predicted molar refractivity (Wildman–Crippen MR) is 140 cm³/mol. The Morgan fingerprint density at radius 2 is 1.84 bits per heavy atom. The van der Waals surface area contributed by atoms with Crippen molar-refractivity contribution in [1.82, 2.24) is 15.0 Å². The first-order chi connectivity index (χ1) is 18.0. The van der Waals surface area contributed by atoms with Crippen LogP contribution in [0.2, 0.25) is 5.02 Å². The molecule has 37 heavy (non-hydrogen) atoms. The summed E-state index contributed by atoms with van der Waals surface area (Å²) in [4.78, 5) is 17.8. The molecule has 4 aromatic rings. The number of rotatable bonds is 10. The summed E-state index contributed by atoms with van der Waals surface area (Å²) >= 11 is 6.27. The van der Waals surface area contributed by atoms with E-state index in [0.717, 1.165) is 29.5 Å². The van der Waals surface area contributed by atoms with Crippen molar-refractivity contribution in [3.63, 3.8) is 0 Å². The Morgan fingerprint density at radius 1 is 1.11 bits per heavy atom. The number of aryl methyl sites for hydroxylation is 1. The molecule has 7 nitrogen and oxygen atoms in total. The number of hydrogen-bond donors (Lipinski definition) is 1. The molecule has 1 unspecified atom stereocenters. The molecule has 8 heteroatoms. The number of aliphatic carboxylic acids is 1. The zero-order valence-corrected chi connectivity index (χ0v) is 21.3. The minimum absolute atomic E-state index is 0.263. The molecule has 1 aromatic heterocycles. The summed E-state index contributed by atoms with van der Waals surface area (Å²) in [7, 11) is 0. The van der Waals surface area contributed by atoms with E-state index >= 15 is 0 Å². The predicted octanol–water partition coefficient (Wildman–Crippen LogP) is 6.03. The Kier molecular flexibility index (Phi) is 7.53. The Labute approximate surface area is 220 Å². The third-order valence-corrected chi connectivity index (χ3v) is 6.69. The molecule has 0 spiro atoms. The zero-order chi connectivity index (χ0) is 25.8. The van der Waals surface area contributed by atoms with Crippen molar-refractivity contribution in [3.8, 4) is 17.1 Å². The van der Waals surface area contributed by atoms with Gasteiger partial charge in [-0.05, 0) is 41.8 Å². The van der Waals surface area contributed by atoms with Crippen molar-refractivity contribution < 1.29 is 19.2 Å². The largest absolute Gasteiger partial charge is 0.481 e. The van der Waals surface area contributed by atoms with Gasteiger partial charge in [-0.2, -0.15) is 4.98 Å². The van der Waals surface area contributed by atoms with E-state index in [1.807, 2.05) is 60.7 Å². The quantitative estimate of drug-likeness (QED) is 0.275. The van der Waals surface area contributed by atoms with Crippen LogP contribution in [0.5, 0.6) is 5.75 Å². The van der Waals surface area contributed by atoms with Gasteiger partial charge in [-0.3, -0.25) is 9.69 Å². The Bertz CT molecular complexity index is 1350. The molecule has 0 saturated carbocycles. The van der Waals surface area contributed by atoms with Crippen LogP contribution in [0, 0.1) is 5.92 Å². The number of benzene rings is 3. The fourth-order valence-corrected chi connectivity index (χ4v) is 4.62. The number of aromatic nitrogens is 2. The van der Waals surface area contributed by atoms with Crippen molar-refractivity contribution in [2.75, 3.05) is 13.1 Å². The number of carboxylic acid groups (broad SMARTS) is 1. The molecule has 1 fully saturated rings. The van der Waals surface area contributed by atoms with Crippen LogP contribution in [0.4, 0.5) is 0 Å². The van der Waals surface area contributed by atoms with E-state index in [4.69, 9.17) is 26.0 Å². The van der Waals surface area contributed by atoms with Crippen LogP contribution in [0.15, 0.2) is 77.3 Å². The maximum absolute atomic E-state index is 11.0. The van der Waals surface area contributed by atoms with Gasteiger partial charge in [0, 0.05) is 35.8 Å². The van der Waals surface area contributed by atoms with Crippen LogP contribution in [-0.2, 0) is 17.8 Å². The molecule has 1 aliphatic rings. The summed E-state index contributed by atoms with van der Waals surface area (Å²) in [6.07, 6.45) is 1.48. The number of halogens is 1. The highest BCUT2D eigenvalue weighted by Gasteiger charge is 2.32. The van der Waals surface area contributed by atoms with Crippen molar-refractivity contribution in [3.05, 3.63) is 100 Å². The summed E-state index contributed by atoms with van der Waals surface area (Å²) in [5.74, 6) is 0.503. The summed E-state index contributed by atoms with van der Waals surface area (Å²) in [5, 5.41) is 13.9. The van der Waals surface area contributed by atoms with Gasteiger partial charge in [0.05, 0.1) is 5.92 Å². The molecule has 1 aliphatic heterocycles. The van der Waals surface area contributed by atoms with Gasteiger partial charge in [-0.1, -0.05) is 78.6 Å². The topological polar surface area (TPSA) is 88.7 Å². The molecular formula is C29H28ClN3O4. The first-order valence-electron chi connectivity index (χ1n) is 12.4. The lowest BCUT2D eigenvalue weighted by Gasteiger charge is -2.36. The second-order valence-electron chi connectivity index (χ2n) is 9.33. The van der Waals surface area contributed by atoms with Gasteiger partial charge >= 0.3 is 5.97 Å². The lowest BCUT2D eigenvalue weighted by atomic mass is 9.99. The maximum Gasteiger partial charge on any atom is 0.309 e. The first kappa shape index (κ1) is 25.0. The fraction of sp³-hybridized carbons (Fsp3) is 0.276. The van der Waals surface area contributed by atoms with E-state index in [1.165, 1.54) is 5.56 Å². The van der Waals surface area contributed by atoms with E-state index in [1.54, 1.807) is 0 Å². The minimum atomic E-state index is -0.729. The third-order valence-electron chi connectivity index (χ3n) is 6.46. The molecule has 1 N–H and O–H groups in total. The lowest BCUT2D eigenvalue weighted by molar-refractivity contribution is -0.147. The molecule has 2 heterocycles. The number of nitrogens with zero attached hydrogens (tertiary/aromatic N) is 3. The van der Waals surface area contributed by atoms with E-state index in [0.29, 0.717) is 42.1 Å². The SMILES string of the molecule is CCCc1ccc(OC(c2cccc(Cl)c2)c2nc(-c3ccc(CN4CC(C(=O)O)C4)cc3)no2)cc1. The summed E-state index contributed by atoms with van der Waals surface area (Å²) in [6.45, 7) is 4.03. The smallest absolute Gasteiger partial charge is 0.309 e. The van der Waals surface area contributed by atoms with Gasteiger partial charge in [-0.25, -0.2) is 0 Å². The van der Waals surface area contributed by atoms with Gasteiger partial charge < -0.3 is 14.4 Å². The zero-order valence-electron chi connectivity index (χ0n) is 20.5. The number of carboxylic acids is 1. The minimum Gasteiger partial charge on any atom is -0.481 e. The van der Waals surface area contributed by atoms with E-state index < -0.39 is 12.1 Å². The highest BCUT2D eigenvalue weighted by Crippen LogP contribution is 2.31.